The SMILES string of the molecule is c1ccc2c(c1)C1OC2C2C1C1C3OC(c4ccccc43)C21. The van der Waals surface area contributed by atoms with Crippen molar-refractivity contribution in [3.05, 3.63) is 70.8 Å². The van der Waals surface area contributed by atoms with Crippen LogP contribution in [0.2, 0.25) is 0 Å². The van der Waals surface area contributed by atoms with Crippen LogP contribution >= 0.6 is 0 Å². The Balaban J connectivity index is 1.39. The minimum Gasteiger partial charge on any atom is -0.365 e. The molecule has 2 nitrogen and oxygen atoms in total. The van der Waals surface area contributed by atoms with E-state index in [2.05, 4.69) is 48.5 Å². The summed E-state index contributed by atoms with van der Waals surface area (Å²) < 4.78 is 12.9. The van der Waals surface area contributed by atoms with Crippen molar-refractivity contribution in [3.8, 4) is 0 Å². The molecular weight excluding hydrogens is 272 g/mol. The van der Waals surface area contributed by atoms with Gasteiger partial charge in [-0.2, -0.15) is 0 Å². The summed E-state index contributed by atoms with van der Waals surface area (Å²) >= 11 is 0. The van der Waals surface area contributed by atoms with Crippen molar-refractivity contribution < 1.29 is 9.47 Å². The smallest absolute Gasteiger partial charge is 0.0872 e. The molecule has 2 aromatic rings. The summed E-state index contributed by atoms with van der Waals surface area (Å²) in [6, 6.07) is 17.7. The molecule has 3 fully saturated rings. The highest BCUT2D eigenvalue weighted by Gasteiger charge is 2.74. The first-order valence-electron chi connectivity index (χ1n) is 8.42. The molecule has 2 heteroatoms. The molecule has 7 rings (SSSR count). The molecule has 1 saturated carbocycles. The topological polar surface area (TPSA) is 18.5 Å². The highest BCUT2D eigenvalue weighted by atomic mass is 16.5. The lowest BCUT2D eigenvalue weighted by atomic mass is 9.47. The van der Waals surface area contributed by atoms with Gasteiger partial charge in [-0.15, -0.1) is 0 Å². The first kappa shape index (κ1) is 11.0. The summed E-state index contributed by atoms with van der Waals surface area (Å²) in [6.45, 7) is 0. The zero-order chi connectivity index (χ0) is 14.0. The maximum absolute atomic E-state index is 6.43. The van der Waals surface area contributed by atoms with Gasteiger partial charge in [0.2, 0.25) is 0 Å². The standard InChI is InChI=1S/C20H16O2/c1-2-6-10-9(5-1)17-13-14(18(10)21-17)16-15(13)19-11-7-3-4-8-12(11)20(16)22-19/h1-8,13-20H. The molecule has 2 aromatic carbocycles. The minimum atomic E-state index is 0.322. The fourth-order valence-corrected chi connectivity index (χ4v) is 6.36. The van der Waals surface area contributed by atoms with E-state index in [4.69, 9.17) is 9.47 Å². The summed E-state index contributed by atoms with van der Waals surface area (Å²) in [4.78, 5) is 0. The van der Waals surface area contributed by atoms with Crippen LogP contribution in [-0.2, 0) is 9.47 Å². The van der Waals surface area contributed by atoms with Crippen LogP contribution in [0.5, 0.6) is 0 Å². The number of fused-ring (bicyclic) bond motifs is 18. The normalized spacial score (nSPS) is 47.6. The first-order chi connectivity index (χ1) is 10.9. The van der Waals surface area contributed by atoms with Crippen LogP contribution in [0.1, 0.15) is 46.7 Å². The van der Waals surface area contributed by atoms with Gasteiger partial charge in [0.15, 0.2) is 0 Å². The van der Waals surface area contributed by atoms with E-state index in [1.807, 2.05) is 0 Å². The monoisotopic (exact) mass is 288 g/mol. The Morgan fingerprint density at radius 3 is 1.00 bits per heavy atom. The van der Waals surface area contributed by atoms with Crippen LogP contribution in [0.15, 0.2) is 48.5 Å². The zero-order valence-corrected chi connectivity index (χ0v) is 12.1. The molecule has 4 heterocycles. The number of hydrogen-bond acceptors (Lipinski definition) is 2. The molecule has 0 spiro atoms. The quantitative estimate of drug-likeness (QED) is 0.679. The van der Waals surface area contributed by atoms with Gasteiger partial charge in [0.1, 0.15) is 0 Å². The van der Waals surface area contributed by atoms with Gasteiger partial charge >= 0.3 is 0 Å². The van der Waals surface area contributed by atoms with E-state index >= 15 is 0 Å². The molecule has 0 radical (unpaired) electrons. The van der Waals surface area contributed by atoms with E-state index in [0.717, 1.165) is 0 Å². The molecular formula is C20H16O2. The van der Waals surface area contributed by atoms with Crippen molar-refractivity contribution in [1.29, 1.82) is 0 Å². The third-order valence-corrected chi connectivity index (χ3v) is 6.98. The summed E-state index contributed by atoms with van der Waals surface area (Å²) in [6.07, 6.45) is 1.29. The number of ether oxygens (including phenoxy) is 2. The maximum Gasteiger partial charge on any atom is 0.0872 e. The van der Waals surface area contributed by atoms with Crippen molar-refractivity contribution in [3.63, 3.8) is 0 Å². The Bertz CT molecular complexity index is 684. The molecule has 4 bridgehead atoms. The number of rotatable bonds is 0. The largest absolute Gasteiger partial charge is 0.365 e. The van der Waals surface area contributed by atoms with E-state index in [1.54, 1.807) is 0 Å². The van der Waals surface area contributed by atoms with Crippen LogP contribution in [0.4, 0.5) is 0 Å². The maximum atomic E-state index is 6.43. The van der Waals surface area contributed by atoms with E-state index < -0.39 is 0 Å². The molecule has 4 aliphatic heterocycles. The molecule has 1 aliphatic carbocycles. The highest BCUT2D eigenvalue weighted by Crippen LogP contribution is 2.78. The molecule has 0 aromatic heterocycles. The van der Waals surface area contributed by atoms with Gasteiger partial charge in [-0.1, -0.05) is 48.5 Å². The predicted octanol–water partition coefficient (Wildman–Crippen LogP) is 4.12. The van der Waals surface area contributed by atoms with Crippen LogP contribution in [-0.4, -0.2) is 0 Å². The third-order valence-electron chi connectivity index (χ3n) is 6.98. The average molecular weight is 288 g/mol. The fourth-order valence-electron chi connectivity index (χ4n) is 6.36. The lowest BCUT2D eigenvalue weighted by molar-refractivity contribution is -0.0194. The van der Waals surface area contributed by atoms with Crippen LogP contribution < -0.4 is 0 Å². The zero-order valence-electron chi connectivity index (χ0n) is 12.1. The van der Waals surface area contributed by atoms with E-state index in [1.165, 1.54) is 22.3 Å². The Hall–Kier alpha value is -1.64. The molecule has 4 atom stereocenters. The van der Waals surface area contributed by atoms with Gasteiger partial charge < -0.3 is 9.47 Å². The summed E-state index contributed by atoms with van der Waals surface area (Å²) in [7, 11) is 0. The van der Waals surface area contributed by atoms with E-state index in [9.17, 15) is 0 Å². The van der Waals surface area contributed by atoms with Crippen LogP contribution in [0.3, 0.4) is 0 Å². The molecule has 0 N–H and O–H groups in total. The van der Waals surface area contributed by atoms with Crippen molar-refractivity contribution in [2.24, 2.45) is 23.7 Å². The number of benzene rings is 2. The second-order valence-corrected chi connectivity index (χ2v) is 7.52. The van der Waals surface area contributed by atoms with Gasteiger partial charge in [0.25, 0.3) is 0 Å². The van der Waals surface area contributed by atoms with Crippen molar-refractivity contribution in [2.75, 3.05) is 0 Å². The summed E-state index contributed by atoms with van der Waals surface area (Å²) in [5.74, 6) is 2.70. The molecule has 22 heavy (non-hydrogen) atoms. The van der Waals surface area contributed by atoms with Gasteiger partial charge in [0, 0.05) is 23.7 Å². The van der Waals surface area contributed by atoms with Crippen molar-refractivity contribution >= 4 is 0 Å². The Morgan fingerprint density at radius 2 is 0.727 bits per heavy atom. The van der Waals surface area contributed by atoms with E-state index in [0.29, 0.717) is 48.1 Å². The fraction of sp³-hybridized carbons (Fsp3) is 0.400. The molecule has 2 saturated heterocycles. The van der Waals surface area contributed by atoms with E-state index in [-0.39, 0.29) is 0 Å². The summed E-state index contributed by atoms with van der Waals surface area (Å²) in [5.41, 5.74) is 5.79. The van der Waals surface area contributed by atoms with Gasteiger partial charge in [-0.05, 0) is 22.3 Å². The highest BCUT2D eigenvalue weighted by molar-refractivity contribution is 5.46. The molecule has 4 unspecified atom stereocenters. The van der Waals surface area contributed by atoms with Crippen molar-refractivity contribution in [1.82, 2.24) is 0 Å². The lowest BCUT2D eigenvalue weighted by Crippen LogP contribution is -2.50. The Labute approximate surface area is 129 Å². The molecule has 5 aliphatic rings. The van der Waals surface area contributed by atoms with Crippen molar-refractivity contribution in [2.45, 2.75) is 24.4 Å². The second kappa shape index (κ2) is 3.32. The van der Waals surface area contributed by atoms with Gasteiger partial charge in [0.05, 0.1) is 24.4 Å². The average Bonchev–Trinajstić information content (AvgIpc) is 3.25. The molecule has 0 amide bonds. The van der Waals surface area contributed by atoms with Crippen LogP contribution in [0, 0.1) is 23.7 Å². The minimum absolute atomic E-state index is 0.322. The van der Waals surface area contributed by atoms with Gasteiger partial charge in [-0.25, -0.2) is 0 Å². The molecule has 108 valence electrons. The predicted molar refractivity (Wildman–Crippen MR) is 80.0 cm³/mol. The Kier molecular flexibility index (Phi) is 1.66. The van der Waals surface area contributed by atoms with Gasteiger partial charge in [-0.3, -0.25) is 0 Å². The second-order valence-electron chi connectivity index (χ2n) is 7.52. The van der Waals surface area contributed by atoms with Crippen LogP contribution in [0.25, 0.3) is 0 Å². The third kappa shape index (κ3) is 0.949. The summed E-state index contributed by atoms with van der Waals surface area (Å²) in [5, 5.41) is 0. The number of hydrogen-bond donors (Lipinski definition) is 0. The lowest BCUT2D eigenvalue weighted by Gasteiger charge is -2.53. The Morgan fingerprint density at radius 1 is 0.455 bits per heavy atom. The first-order valence-corrected chi connectivity index (χ1v) is 8.42.